The summed E-state index contributed by atoms with van der Waals surface area (Å²) in [4.78, 5) is 22.5. The van der Waals surface area contributed by atoms with Gasteiger partial charge in [0.05, 0.1) is 10.5 Å². The molecular weight excluding hydrogens is 342 g/mol. The minimum absolute atomic E-state index is 0.106. The first-order valence-electron chi connectivity index (χ1n) is 8.19. The van der Waals surface area contributed by atoms with Gasteiger partial charge in [0.25, 0.3) is 5.69 Å². The van der Waals surface area contributed by atoms with E-state index in [0.29, 0.717) is 6.42 Å². The Bertz CT molecular complexity index is 721. The number of hydrogen-bond acceptors (Lipinski definition) is 7. The van der Waals surface area contributed by atoms with Gasteiger partial charge in [0.15, 0.2) is 12.1 Å². The van der Waals surface area contributed by atoms with Crippen LogP contribution in [0.25, 0.3) is 0 Å². The van der Waals surface area contributed by atoms with Gasteiger partial charge in [-0.1, -0.05) is 0 Å². The van der Waals surface area contributed by atoms with Gasteiger partial charge in [-0.3, -0.25) is 10.1 Å². The van der Waals surface area contributed by atoms with Crippen molar-refractivity contribution in [3.63, 3.8) is 0 Å². The number of nitrogens with zero attached hydrogens (tertiary/aromatic N) is 1. The summed E-state index contributed by atoms with van der Waals surface area (Å²) in [6.07, 6.45) is 4.19. The van der Waals surface area contributed by atoms with Gasteiger partial charge in [-0.25, -0.2) is 4.79 Å². The molecule has 0 bridgehead atoms. The molecule has 26 heavy (non-hydrogen) atoms. The molecule has 1 aromatic rings. The molecule has 0 saturated carbocycles. The summed E-state index contributed by atoms with van der Waals surface area (Å²) in [5.74, 6) is 1.15. The zero-order valence-electron chi connectivity index (χ0n) is 14.4. The topological polar surface area (TPSA) is 97.1 Å². The van der Waals surface area contributed by atoms with Crippen molar-refractivity contribution in [2.24, 2.45) is 0 Å². The predicted molar refractivity (Wildman–Crippen MR) is 89.1 cm³/mol. The normalized spacial score (nSPS) is 27.3. The Labute approximate surface area is 150 Å². The van der Waals surface area contributed by atoms with Crippen molar-refractivity contribution in [1.29, 1.82) is 0 Å². The average Bonchev–Trinajstić information content (AvgIpc) is 3.08. The van der Waals surface area contributed by atoms with Crippen LogP contribution in [0.5, 0.6) is 0 Å². The Morgan fingerprint density at radius 2 is 2.12 bits per heavy atom. The lowest BCUT2D eigenvalue weighted by atomic mass is 10.1. The minimum atomic E-state index is -0.711. The first kappa shape index (κ1) is 18.3. The van der Waals surface area contributed by atoms with Crippen LogP contribution in [0, 0.1) is 22.5 Å². The smallest absolute Gasteiger partial charge is 0.338 e. The van der Waals surface area contributed by atoms with Crippen LogP contribution in [-0.2, 0) is 18.9 Å². The number of nitro groups is 1. The van der Waals surface area contributed by atoms with E-state index < -0.39 is 35.2 Å². The molecule has 0 unspecified atom stereocenters. The molecule has 0 radical (unpaired) electrons. The fourth-order valence-corrected chi connectivity index (χ4v) is 3.06. The summed E-state index contributed by atoms with van der Waals surface area (Å²) in [6, 6.07) is 5.17. The highest BCUT2D eigenvalue weighted by atomic mass is 16.8. The van der Waals surface area contributed by atoms with Crippen LogP contribution >= 0.6 is 0 Å². The third kappa shape index (κ3) is 3.85. The molecule has 2 fully saturated rings. The summed E-state index contributed by atoms with van der Waals surface area (Å²) in [5, 5.41) is 10.7. The fraction of sp³-hybridized carbons (Fsp3) is 0.500. The number of carbonyl (C=O) groups is 1. The third-order valence-electron chi connectivity index (χ3n) is 4.22. The Kier molecular flexibility index (Phi) is 4.96. The maximum atomic E-state index is 12.3. The first-order chi connectivity index (χ1) is 12.3. The molecular formula is C18H19NO7. The van der Waals surface area contributed by atoms with Gasteiger partial charge in [-0.15, -0.1) is 12.3 Å². The molecule has 8 heteroatoms. The Morgan fingerprint density at radius 3 is 2.69 bits per heavy atom. The fourth-order valence-electron chi connectivity index (χ4n) is 3.06. The van der Waals surface area contributed by atoms with E-state index in [1.807, 2.05) is 0 Å². The second-order valence-electron chi connectivity index (χ2n) is 6.61. The molecule has 2 aliphatic heterocycles. The van der Waals surface area contributed by atoms with Gasteiger partial charge in [-0.05, 0) is 26.0 Å². The number of rotatable bonds is 5. The second-order valence-corrected chi connectivity index (χ2v) is 6.61. The maximum absolute atomic E-state index is 12.3. The second kappa shape index (κ2) is 7.03. The van der Waals surface area contributed by atoms with Gasteiger partial charge in [0.1, 0.15) is 18.3 Å². The number of benzene rings is 1. The molecule has 2 aliphatic rings. The quantitative estimate of drug-likeness (QED) is 0.344. The zero-order valence-corrected chi connectivity index (χ0v) is 14.4. The Hall–Kier alpha value is -2.47. The number of terminal acetylenes is 1. The van der Waals surface area contributed by atoms with Crippen LogP contribution in [0.1, 0.15) is 37.0 Å². The standard InChI is InChI=1S/C18H19NO7/c1-4-5-13(14-10-15-17(24-14)26-18(2,3)25-15)23-16(20)11-6-8-12(9-7-11)19(21)22/h1,6-9,13-15,17H,5,10H2,2-3H3/t13-,14-,15+,17+/m0/s1. The summed E-state index contributed by atoms with van der Waals surface area (Å²) >= 11 is 0. The number of hydrogen-bond donors (Lipinski definition) is 0. The number of fused-ring (bicyclic) bond motifs is 1. The highest BCUT2D eigenvalue weighted by Gasteiger charge is 2.50. The monoisotopic (exact) mass is 361 g/mol. The average molecular weight is 361 g/mol. The largest absolute Gasteiger partial charge is 0.455 e. The molecule has 0 aliphatic carbocycles. The summed E-state index contributed by atoms with van der Waals surface area (Å²) in [7, 11) is 0. The third-order valence-corrected chi connectivity index (χ3v) is 4.22. The number of esters is 1. The lowest BCUT2D eigenvalue weighted by Gasteiger charge is -2.25. The predicted octanol–water partition coefficient (Wildman–Crippen LogP) is 2.41. The maximum Gasteiger partial charge on any atom is 0.338 e. The molecule has 8 nitrogen and oxygen atoms in total. The van der Waals surface area contributed by atoms with E-state index in [1.165, 1.54) is 24.3 Å². The Balaban J connectivity index is 1.65. The molecule has 138 valence electrons. The molecule has 0 spiro atoms. The zero-order chi connectivity index (χ0) is 18.9. The number of ether oxygens (including phenoxy) is 4. The Morgan fingerprint density at radius 1 is 1.42 bits per heavy atom. The van der Waals surface area contributed by atoms with Crippen molar-refractivity contribution in [3.05, 3.63) is 39.9 Å². The molecule has 0 amide bonds. The summed E-state index contributed by atoms with van der Waals surface area (Å²) < 4.78 is 22.7. The van der Waals surface area contributed by atoms with Crippen molar-refractivity contribution >= 4 is 11.7 Å². The molecule has 3 rings (SSSR count). The van der Waals surface area contributed by atoms with E-state index in [2.05, 4.69) is 5.92 Å². The number of carbonyl (C=O) groups excluding carboxylic acids is 1. The van der Waals surface area contributed by atoms with Crippen LogP contribution < -0.4 is 0 Å². The lowest BCUT2D eigenvalue weighted by Crippen LogP contribution is -2.34. The molecule has 1 aromatic carbocycles. The first-order valence-corrected chi connectivity index (χ1v) is 8.19. The van der Waals surface area contributed by atoms with Gasteiger partial charge < -0.3 is 18.9 Å². The van der Waals surface area contributed by atoms with E-state index in [0.717, 1.165) is 0 Å². The van der Waals surface area contributed by atoms with Crippen LogP contribution in [0.15, 0.2) is 24.3 Å². The SMILES string of the molecule is C#CC[C@H](OC(=O)c1ccc([N+](=O)[O-])cc1)[C@@H]1C[C@H]2OC(C)(C)O[C@H]2O1. The van der Waals surface area contributed by atoms with Gasteiger partial charge >= 0.3 is 5.97 Å². The molecule has 2 heterocycles. The van der Waals surface area contributed by atoms with Crippen molar-refractivity contribution in [3.8, 4) is 12.3 Å². The number of nitro benzene ring substituents is 1. The van der Waals surface area contributed by atoms with Gasteiger partial charge in [-0.2, -0.15) is 0 Å². The van der Waals surface area contributed by atoms with E-state index in [4.69, 9.17) is 25.4 Å². The van der Waals surface area contributed by atoms with E-state index in [9.17, 15) is 14.9 Å². The van der Waals surface area contributed by atoms with Crippen molar-refractivity contribution in [1.82, 2.24) is 0 Å². The van der Waals surface area contributed by atoms with Crippen LogP contribution in [0.2, 0.25) is 0 Å². The van der Waals surface area contributed by atoms with E-state index in [-0.39, 0.29) is 23.8 Å². The van der Waals surface area contributed by atoms with Crippen LogP contribution in [-0.4, -0.2) is 41.3 Å². The molecule has 4 atom stereocenters. The molecule has 2 saturated heterocycles. The van der Waals surface area contributed by atoms with E-state index >= 15 is 0 Å². The van der Waals surface area contributed by atoms with Crippen molar-refractivity contribution in [2.75, 3.05) is 0 Å². The highest BCUT2D eigenvalue weighted by Crippen LogP contribution is 2.38. The number of non-ortho nitro benzene ring substituents is 1. The van der Waals surface area contributed by atoms with Crippen molar-refractivity contribution in [2.45, 2.75) is 57.1 Å². The van der Waals surface area contributed by atoms with Gasteiger partial charge in [0, 0.05) is 25.0 Å². The highest BCUT2D eigenvalue weighted by molar-refractivity contribution is 5.89. The van der Waals surface area contributed by atoms with E-state index in [1.54, 1.807) is 13.8 Å². The minimum Gasteiger partial charge on any atom is -0.455 e. The summed E-state index contributed by atoms with van der Waals surface area (Å²) in [6.45, 7) is 3.61. The van der Waals surface area contributed by atoms with Crippen LogP contribution in [0.4, 0.5) is 5.69 Å². The lowest BCUT2D eigenvalue weighted by molar-refractivity contribution is -0.384. The molecule has 0 aromatic heterocycles. The molecule has 0 N–H and O–H groups in total. The van der Waals surface area contributed by atoms with Crippen LogP contribution in [0.3, 0.4) is 0 Å². The summed E-state index contributed by atoms with van der Waals surface area (Å²) in [5.41, 5.74) is 0.0926. The van der Waals surface area contributed by atoms with Gasteiger partial charge in [0.2, 0.25) is 0 Å². The van der Waals surface area contributed by atoms with Crippen molar-refractivity contribution < 1.29 is 28.7 Å².